The molecule has 0 fully saturated rings. The molecular weight excluding hydrogens is 236 g/mol. The van der Waals surface area contributed by atoms with Gasteiger partial charge in [0.2, 0.25) is 0 Å². The summed E-state index contributed by atoms with van der Waals surface area (Å²) in [7, 11) is 0. The highest BCUT2D eigenvalue weighted by atomic mass is 16.4. The lowest BCUT2D eigenvalue weighted by Gasteiger charge is -2.02. The van der Waals surface area contributed by atoms with Gasteiger partial charge in [0.15, 0.2) is 5.82 Å². The van der Waals surface area contributed by atoms with Gasteiger partial charge in [-0.15, -0.1) is 5.10 Å². The predicted octanol–water partition coefficient (Wildman–Crippen LogP) is 1.33. The van der Waals surface area contributed by atoms with Crippen LogP contribution >= 0.6 is 0 Å². The van der Waals surface area contributed by atoms with Crippen molar-refractivity contribution in [3.63, 3.8) is 0 Å². The number of nitrogens with zero attached hydrogens (tertiary/aromatic N) is 4. The van der Waals surface area contributed by atoms with Gasteiger partial charge in [0, 0.05) is 5.56 Å². The van der Waals surface area contributed by atoms with Gasteiger partial charge < -0.3 is 9.52 Å². The minimum absolute atomic E-state index is 0.0209. The Morgan fingerprint density at radius 3 is 2.61 bits per heavy atom. The van der Waals surface area contributed by atoms with Crippen molar-refractivity contribution in [1.29, 1.82) is 0 Å². The molecule has 0 radical (unpaired) electrons. The fraction of sp³-hybridized carbons (Fsp3) is 0.455. The molecule has 0 saturated carbocycles. The van der Waals surface area contributed by atoms with E-state index in [1.165, 1.54) is 4.68 Å². The maximum absolute atomic E-state index is 10.6. The zero-order chi connectivity index (χ0) is 13.3. The summed E-state index contributed by atoms with van der Waals surface area (Å²) in [5.74, 6) is 1.21. The van der Waals surface area contributed by atoms with Gasteiger partial charge in [-0.25, -0.2) is 4.68 Å². The van der Waals surface area contributed by atoms with Crippen LogP contribution in [0.15, 0.2) is 4.42 Å². The zero-order valence-electron chi connectivity index (χ0n) is 10.5. The van der Waals surface area contributed by atoms with Gasteiger partial charge >= 0.3 is 5.97 Å². The fourth-order valence-corrected chi connectivity index (χ4v) is 1.86. The summed E-state index contributed by atoms with van der Waals surface area (Å²) >= 11 is 0. The number of hydrogen-bond donors (Lipinski definition) is 1. The van der Waals surface area contributed by atoms with Crippen molar-refractivity contribution in [2.75, 3.05) is 0 Å². The normalized spacial score (nSPS) is 10.8. The highest BCUT2D eigenvalue weighted by Crippen LogP contribution is 2.29. The second-order valence-electron chi connectivity index (χ2n) is 4.08. The van der Waals surface area contributed by atoms with Crippen molar-refractivity contribution in [1.82, 2.24) is 20.2 Å². The molecule has 0 aliphatic heterocycles. The summed E-state index contributed by atoms with van der Waals surface area (Å²) in [5.41, 5.74) is 1.81. The third kappa shape index (κ3) is 2.11. The lowest BCUT2D eigenvalue weighted by molar-refractivity contribution is -0.137. The van der Waals surface area contributed by atoms with Crippen LogP contribution in [0.25, 0.3) is 11.4 Å². The van der Waals surface area contributed by atoms with Gasteiger partial charge in [-0.2, -0.15) is 0 Å². The van der Waals surface area contributed by atoms with E-state index in [2.05, 4.69) is 15.5 Å². The second-order valence-corrected chi connectivity index (χ2v) is 4.08. The van der Waals surface area contributed by atoms with Crippen LogP contribution in [0, 0.1) is 20.8 Å². The third-order valence-corrected chi connectivity index (χ3v) is 2.85. The molecule has 2 heterocycles. The van der Waals surface area contributed by atoms with Crippen molar-refractivity contribution < 1.29 is 14.3 Å². The molecule has 96 valence electrons. The van der Waals surface area contributed by atoms with E-state index in [1.807, 2.05) is 20.8 Å². The topological polar surface area (TPSA) is 94.0 Å². The molecule has 0 atom stereocenters. The molecular formula is C11H14N4O3. The second kappa shape index (κ2) is 4.59. The summed E-state index contributed by atoms with van der Waals surface area (Å²) < 4.78 is 7.01. The van der Waals surface area contributed by atoms with Gasteiger partial charge in [-0.3, -0.25) is 4.79 Å². The van der Waals surface area contributed by atoms with Gasteiger partial charge in [-0.1, -0.05) is 0 Å². The first-order chi connectivity index (χ1) is 8.50. The number of aromatic nitrogens is 4. The van der Waals surface area contributed by atoms with Gasteiger partial charge in [0.05, 0.1) is 18.5 Å². The van der Waals surface area contributed by atoms with E-state index in [0.717, 1.165) is 22.6 Å². The molecule has 0 amide bonds. The molecule has 1 N–H and O–H groups in total. The predicted molar refractivity (Wildman–Crippen MR) is 62.0 cm³/mol. The SMILES string of the molecule is Cc1oc(C)c(-c2nnnn2CCC(=O)O)c1C. The molecule has 18 heavy (non-hydrogen) atoms. The molecule has 2 rings (SSSR count). The Hall–Kier alpha value is -2.18. The Bertz CT molecular complexity index is 585. The summed E-state index contributed by atoms with van der Waals surface area (Å²) in [6.45, 7) is 5.88. The standard InChI is InChI=1S/C11H14N4O3/c1-6-7(2)18-8(3)10(6)11-12-13-14-15(11)5-4-9(16)17/h4-5H2,1-3H3,(H,16,17). The van der Waals surface area contributed by atoms with E-state index in [4.69, 9.17) is 9.52 Å². The van der Waals surface area contributed by atoms with Gasteiger partial charge in [-0.05, 0) is 31.2 Å². The maximum Gasteiger partial charge on any atom is 0.305 e. The maximum atomic E-state index is 10.6. The molecule has 0 saturated heterocycles. The van der Waals surface area contributed by atoms with Crippen molar-refractivity contribution in [2.45, 2.75) is 33.7 Å². The zero-order valence-corrected chi connectivity index (χ0v) is 10.5. The molecule has 0 aromatic carbocycles. The Kier molecular flexibility index (Phi) is 3.14. The minimum Gasteiger partial charge on any atom is -0.481 e. The monoisotopic (exact) mass is 250 g/mol. The van der Waals surface area contributed by atoms with E-state index >= 15 is 0 Å². The summed E-state index contributed by atoms with van der Waals surface area (Å²) in [6.07, 6.45) is -0.0209. The minimum atomic E-state index is -0.881. The molecule has 0 bridgehead atoms. The van der Waals surface area contributed by atoms with Crippen LogP contribution in [0.1, 0.15) is 23.5 Å². The smallest absolute Gasteiger partial charge is 0.305 e. The van der Waals surface area contributed by atoms with Crippen molar-refractivity contribution in [2.24, 2.45) is 0 Å². The molecule has 2 aromatic heterocycles. The van der Waals surface area contributed by atoms with Crippen LogP contribution in [0.2, 0.25) is 0 Å². The van der Waals surface area contributed by atoms with E-state index in [9.17, 15) is 4.79 Å². The Labute approximate surface area is 103 Å². The number of furan rings is 1. The average Bonchev–Trinajstić information content (AvgIpc) is 2.82. The van der Waals surface area contributed by atoms with Gasteiger partial charge in [0.25, 0.3) is 0 Å². The lowest BCUT2D eigenvalue weighted by Crippen LogP contribution is -2.08. The molecule has 0 aliphatic carbocycles. The number of aliphatic carboxylic acids is 1. The summed E-state index contributed by atoms with van der Waals surface area (Å²) in [6, 6.07) is 0. The highest BCUT2D eigenvalue weighted by molar-refractivity contribution is 5.67. The van der Waals surface area contributed by atoms with Crippen LogP contribution in [-0.2, 0) is 11.3 Å². The Balaban J connectivity index is 2.39. The highest BCUT2D eigenvalue weighted by Gasteiger charge is 2.19. The number of rotatable bonds is 4. The first kappa shape index (κ1) is 12.3. The Morgan fingerprint density at radius 2 is 2.06 bits per heavy atom. The first-order valence-corrected chi connectivity index (χ1v) is 5.55. The molecule has 0 unspecified atom stereocenters. The van der Waals surface area contributed by atoms with Crippen molar-refractivity contribution in [3.8, 4) is 11.4 Å². The van der Waals surface area contributed by atoms with Crippen LogP contribution in [0.3, 0.4) is 0 Å². The molecule has 0 spiro atoms. The average molecular weight is 250 g/mol. The summed E-state index contributed by atoms with van der Waals surface area (Å²) in [4.78, 5) is 10.6. The lowest BCUT2D eigenvalue weighted by atomic mass is 10.1. The van der Waals surface area contributed by atoms with Gasteiger partial charge in [0.1, 0.15) is 11.5 Å². The fourth-order valence-electron chi connectivity index (χ4n) is 1.86. The number of carboxylic acids is 1. The van der Waals surface area contributed by atoms with Crippen molar-refractivity contribution >= 4 is 5.97 Å². The number of tetrazole rings is 1. The van der Waals surface area contributed by atoms with E-state index in [1.54, 1.807) is 0 Å². The number of carbonyl (C=O) groups is 1. The number of aryl methyl sites for hydroxylation is 3. The molecule has 7 heteroatoms. The first-order valence-electron chi connectivity index (χ1n) is 5.55. The molecule has 2 aromatic rings. The van der Waals surface area contributed by atoms with Crippen LogP contribution in [0.4, 0.5) is 0 Å². The van der Waals surface area contributed by atoms with E-state index in [0.29, 0.717) is 5.82 Å². The van der Waals surface area contributed by atoms with E-state index in [-0.39, 0.29) is 13.0 Å². The Morgan fingerprint density at radius 1 is 1.33 bits per heavy atom. The quantitative estimate of drug-likeness (QED) is 0.879. The third-order valence-electron chi connectivity index (χ3n) is 2.85. The number of hydrogen-bond acceptors (Lipinski definition) is 5. The summed E-state index contributed by atoms with van der Waals surface area (Å²) in [5, 5.41) is 20.0. The molecule has 0 aliphatic rings. The molecule has 7 nitrogen and oxygen atoms in total. The van der Waals surface area contributed by atoms with Crippen LogP contribution in [0.5, 0.6) is 0 Å². The van der Waals surface area contributed by atoms with Crippen molar-refractivity contribution in [3.05, 3.63) is 17.1 Å². The number of carboxylic acid groups (broad SMARTS) is 1. The van der Waals surface area contributed by atoms with E-state index < -0.39 is 5.97 Å². The van der Waals surface area contributed by atoms with Crippen LogP contribution < -0.4 is 0 Å². The largest absolute Gasteiger partial charge is 0.481 e. The van der Waals surface area contributed by atoms with Crippen LogP contribution in [-0.4, -0.2) is 31.3 Å².